The van der Waals surface area contributed by atoms with Crippen LogP contribution < -0.4 is 10.3 Å². The molecule has 0 bridgehead atoms. The summed E-state index contributed by atoms with van der Waals surface area (Å²) >= 11 is 0. The highest BCUT2D eigenvalue weighted by atomic mass is 16.3. The van der Waals surface area contributed by atoms with Crippen LogP contribution in [-0.2, 0) is 0 Å². The van der Waals surface area contributed by atoms with Gasteiger partial charge in [-0.05, 0) is 24.3 Å². The lowest BCUT2D eigenvalue weighted by Crippen LogP contribution is -2.23. The fraction of sp³-hybridized carbons (Fsp3) is 0.105. The highest BCUT2D eigenvalue weighted by molar-refractivity contribution is 5.91. The molecule has 0 amide bonds. The van der Waals surface area contributed by atoms with Crippen molar-refractivity contribution in [2.45, 2.75) is 0 Å². The molecule has 0 aliphatic carbocycles. The molecular weight excluding hydrogens is 290 g/mol. The Morgan fingerprint density at radius 3 is 2.26 bits per heavy atom. The number of rotatable bonds is 5. The van der Waals surface area contributed by atoms with E-state index in [1.807, 2.05) is 24.3 Å². The lowest BCUT2D eigenvalue weighted by Gasteiger charge is -2.21. The van der Waals surface area contributed by atoms with Gasteiger partial charge in [0, 0.05) is 30.9 Å². The van der Waals surface area contributed by atoms with Gasteiger partial charge in [0.25, 0.3) is 0 Å². The summed E-state index contributed by atoms with van der Waals surface area (Å²) in [5.41, 5.74) is 1.68. The molecule has 0 saturated carbocycles. The van der Waals surface area contributed by atoms with E-state index >= 15 is 0 Å². The van der Waals surface area contributed by atoms with Crippen molar-refractivity contribution in [2.24, 2.45) is 0 Å². The van der Waals surface area contributed by atoms with Crippen LogP contribution in [-0.4, -0.2) is 18.2 Å². The molecule has 0 atom stereocenters. The van der Waals surface area contributed by atoms with Crippen LogP contribution in [0.1, 0.15) is 0 Å². The van der Waals surface area contributed by atoms with Crippen LogP contribution in [0.15, 0.2) is 70.9 Å². The van der Waals surface area contributed by atoms with Crippen LogP contribution in [0.2, 0.25) is 0 Å². The van der Waals surface area contributed by atoms with E-state index in [2.05, 4.69) is 18.1 Å². The number of aromatic hydroxyl groups is 1. The maximum atomic E-state index is 12.5. The minimum absolute atomic E-state index is 0.0658. The van der Waals surface area contributed by atoms with E-state index in [1.54, 1.807) is 12.1 Å². The predicted molar refractivity (Wildman–Crippen MR) is 94.3 cm³/mol. The van der Waals surface area contributed by atoms with Crippen molar-refractivity contribution >= 4 is 27.6 Å². The molecule has 0 spiro atoms. The Bertz CT molecular complexity index is 946. The molecule has 1 N–H and O–H groups in total. The number of benzene rings is 2. The van der Waals surface area contributed by atoms with Crippen LogP contribution in [0.4, 0.5) is 5.69 Å². The number of phenols is 1. The van der Waals surface area contributed by atoms with Gasteiger partial charge < -0.3 is 14.4 Å². The van der Waals surface area contributed by atoms with Crippen molar-refractivity contribution in [3.63, 3.8) is 0 Å². The van der Waals surface area contributed by atoms with Crippen molar-refractivity contribution in [2.75, 3.05) is 18.0 Å². The fourth-order valence-electron chi connectivity index (χ4n) is 2.62. The quantitative estimate of drug-likeness (QED) is 0.575. The summed E-state index contributed by atoms with van der Waals surface area (Å²) in [6.45, 7) is 8.84. The maximum absolute atomic E-state index is 12.5. The standard InChI is InChI=1S/C19H17NO3/c1-3-9-20(10-4-2)13-5-7-15-17(11-13)23-18-12-14(21)6-8-16(18)19(15)22/h3-8,11-12,21H,1-2,9-10H2. The van der Waals surface area contributed by atoms with Gasteiger partial charge in [0.05, 0.1) is 10.8 Å². The number of phenolic OH excluding ortho intramolecular Hbond substituents is 1. The van der Waals surface area contributed by atoms with E-state index < -0.39 is 0 Å². The van der Waals surface area contributed by atoms with Gasteiger partial charge in [-0.1, -0.05) is 12.2 Å². The monoisotopic (exact) mass is 307 g/mol. The normalized spacial score (nSPS) is 10.8. The minimum Gasteiger partial charge on any atom is -0.508 e. The highest BCUT2D eigenvalue weighted by Gasteiger charge is 2.11. The van der Waals surface area contributed by atoms with Crippen LogP contribution in [0.5, 0.6) is 5.75 Å². The van der Waals surface area contributed by atoms with Gasteiger partial charge in [-0.3, -0.25) is 4.79 Å². The molecule has 4 nitrogen and oxygen atoms in total. The van der Waals surface area contributed by atoms with Crippen molar-refractivity contribution in [3.8, 4) is 5.75 Å². The van der Waals surface area contributed by atoms with Crippen LogP contribution in [0.3, 0.4) is 0 Å². The van der Waals surface area contributed by atoms with Crippen molar-refractivity contribution < 1.29 is 9.52 Å². The molecule has 0 fully saturated rings. The molecule has 1 heterocycles. The lowest BCUT2D eigenvalue weighted by molar-refractivity contribution is 0.474. The molecule has 0 aliphatic heterocycles. The number of anilines is 1. The number of hydrogen-bond acceptors (Lipinski definition) is 4. The second kappa shape index (κ2) is 6.01. The van der Waals surface area contributed by atoms with Crippen molar-refractivity contribution in [3.05, 3.63) is 71.9 Å². The van der Waals surface area contributed by atoms with Gasteiger partial charge in [-0.2, -0.15) is 0 Å². The van der Waals surface area contributed by atoms with Crippen LogP contribution in [0, 0.1) is 0 Å². The van der Waals surface area contributed by atoms with E-state index in [9.17, 15) is 9.90 Å². The molecule has 116 valence electrons. The minimum atomic E-state index is -0.105. The Morgan fingerprint density at radius 1 is 1.00 bits per heavy atom. The third kappa shape index (κ3) is 2.71. The Hall–Kier alpha value is -3.01. The van der Waals surface area contributed by atoms with Gasteiger partial charge in [-0.25, -0.2) is 0 Å². The largest absolute Gasteiger partial charge is 0.508 e. The first-order chi connectivity index (χ1) is 11.1. The van der Waals surface area contributed by atoms with E-state index in [4.69, 9.17) is 4.42 Å². The zero-order valence-electron chi connectivity index (χ0n) is 12.7. The van der Waals surface area contributed by atoms with Gasteiger partial charge in [-0.15, -0.1) is 13.2 Å². The van der Waals surface area contributed by atoms with Gasteiger partial charge in [0.15, 0.2) is 0 Å². The second-order valence-electron chi connectivity index (χ2n) is 5.27. The molecule has 23 heavy (non-hydrogen) atoms. The molecule has 0 aliphatic rings. The van der Waals surface area contributed by atoms with E-state index in [1.165, 1.54) is 12.1 Å². The average molecular weight is 307 g/mol. The second-order valence-corrected chi connectivity index (χ2v) is 5.27. The maximum Gasteiger partial charge on any atom is 0.200 e. The summed E-state index contributed by atoms with van der Waals surface area (Å²) in [6, 6.07) is 9.99. The Balaban J connectivity index is 2.22. The topological polar surface area (TPSA) is 53.7 Å². The first-order valence-electron chi connectivity index (χ1n) is 7.30. The van der Waals surface area contributed by atoms with E-state index in [0.29, 0.717) is 35.0 Å². The van der Waals surface area contributed by atoms with Gasteiger partial charge in [0.2, 0.25) is 5.43 Å². The number of fused-ring (bicyclic) bond motifs is 2. The fourth-order valence-corrected chi connectivity index (χ4v) is 2.62. The Labute approximate surface area is 133 Å². The molecule has 0 saturated heterocycles. The summed E-state index contributed by atoms with van der Waals surface area (Å²) in [5, 5.41) is 10.6. The third-order valence-electron chi connectivity index (χ3n) is 3.70. The van der Waals surface area contributed by atoms with E-state index in [-0.39, 0.29) is 11.2 Å². The van der Waals surface area contributed by atoms with Crippen LogP contribution in [0.25, 0.3) is 21.9 Å². The number of hydrogen-bond donors (Lipinski definition) is 1. The average Bonchev–Trinajstić information content (AvgIpc) is 2.54. The first-order valence-corrected chi connectivity index (χ1v) is 7.30. The molecular formula is C19H17NO3. The molecule has 0 unspecified atom stereocenters. The molecule has 3 aromatic rings. The summed E-state index contributed by atoms with van der Waals surface area (Å²) in [4.78, 5) is 14.6. The summed E-state index contributed by atoms with van der Waals surface area (Å²) in [7, 11) is 0. The Kier molecular flexibility index (Phi) is 3.89. The molecule has 3 rings (SSSR count). The van der Waals surface area contributed by atoms with Crippen molar-refractivity contribution in [1.82, 2.24) is 0 Å². The zero-order valence-corrected chi connectivity index (χ0v) is 12.7. The summed E-state index contributed by atoms with van der Waals surface area (Å²) in [6.07, 6.45) is 3.62. The third-order valence-corrected chi connectivity index (χ3v) is 3.70. The van der Waals surface area contributed by atoms with Crippen molar-refractivity contribution in [1.29, 1.82) is 0 Å². The van der Waals surface area contributed by atoms with Gasteiger partial charge in [0.1, 0.15) is 16.9 Å². The zero-order chi connectivity index (χ0) is 16.4. The first kappa shape index (κ1) is 14.9. The number of nitrogens with zero attached hydrogens (tertiary/aromatic N) is 1. The molecule has 4 heteroatoms. The molecule has 2 aromatic carbocycles. The highest BCUT2D eigenvalue weighted by Crippen LogP contribution is 2.25. The van der Waals surface area contributed by atoms with E-state index in [0.717, 1.165) is 5.69 Å². The molecule has 1 aromatic heterocycles. The molecule has 0 radical (unpaired) electrons. The lowest BCUT2D eigenvalue weighted by atomic mass is 10.1. The smallest absolute Gasteiger partial charge is 0.200 e. The predicted octanol–water partition coefficient (Wildman–Crippen LogP) is 3.83. The SMILES string of the molecule is C=CCN(CC=C)c1ccc2c(=O)c3ccc(O)cc3oc2c1. The van der Waals surface area contributed by atoms with Gasteiger partial charge >= 0.3 is 0 Å². The van der Waals surface area contributed by atoms with Crippen LogP contribution >= 0.6 is 0 Å². The Morgan fingerprint density at radius 2 is 1.61 bits per heavy atom. The summed E-state index contributed by atoms with van der Waals surface area (Å²) in [5.74, 6) is 0.0658. The summed E-state index contributed by atoms with van der Waals surface area (Å²) < 4.78 is 5.82.